The average molecular weight is 610 g/mol. The van der Waals surface area contributed by atoms with E-state index < -0.39 is 40.9 Å². The third-order valence-electron chi connectivity index (χ3n) is 7.26. The lowest BCUT2D eigenvalue weighted by Crippen LogP contribution is -2.70. The summed E-state index contributed by atoms with van der Waals surface area (Å²) in [4.78, 5) is 23.3. The van der Waals surface area contributed by atoms with Gasteiger partial charge in [0.2, 0.25) is 0 Å². The summed E-state index contributed by atoms with van der Waals surface area (Å²) in [5.74, 6) is 0. The number of hydrogen-bond acceptors (Lipinski definition) is 6. The predicted molar refractivity (Wildman–Crippen MR) is 168 cm³/mol. The maximum absolute atomic E-state index is 13.2. The van der Waals surface area contributed by atoms with E-state index in [1.165, 1.54) is 0 Å². The summed E-state index contributed by atoms with van der Waals surface area (Å²) in [7, 11) is -7.32. The summed E-state index contributed by atoms with van der Waals surface area (Å²) in [6, 6.07) is 23.6. The SMILES string of the molecule is C/C=C/[C@](C)(NC(=O)NS(=O)(=O)c1ccc([N+](=O)[O-])cc1)[C@@H](CC)O[Si](c1ccccc1)(c1ccccc1)C(C)(C)C. The molecule has 0 bridgehead atoms. The number of nitro benzene ring substituents is 1. The number of amides is 2. The van der Waals surface area contributed by atoms with Gasteiger partial charge in [-0.15, -0.1) is 0 Å². The fourth-order valence-electron chi connectivity index (χ4n) is 5.31. The first-order valence-corrected chi connectivity index (χ1v) is 17.1. The Labute approximate surface area is 249 Å². The number of nitrogens with one attached hydrogen (secondary N) is 2. The van der Waals surface area contributed by atoms with Gasteiger partial charge in [0.25, 0.3) is 24.0 Å². The molecule has 3 aromatic rings. The quantitative estimate of drug-likeness (QED) is 0.132. The second-order valence-electron chi connectivity index (χ2n) is 11.3. The van der Waals surface area contributed by atoms with Gasteiger partial charge in [-0.2, -0.15) is 0 Å². The van der Waals surface area contributed by atoms with E-state index in [0.29, 0.717) is 6.42 Å². The molecule has 2 N–H and O–H groups in total. The zero-order chi connectivity index (χ0) is 31.2. The minimum absolute atomic E-state index is 0.259. The molecule has 224 valence electrons. The molecule has 2 atom stereocenters. The van der Waals surface area contributed by atoms with Crippen molar-refractivity contribution in [2.45, 2.75) is 69.5 Å². The minimum atomic E-state index is -4.31. The molecule has 0 heterocycles. The van der Waals surface area contributed by atoms with Gasteiger partial charge in [0.15, 0.2) is 0 Å². The molecule has 2 amide bonds. The van der Waals surface area contributed by atoms with Crippen molar-refractivity contribution >= 4 is 40.4 Å². The normalized spacial score (nSPS) is 14.6. The van der Waals surface area contributed by atoms with Crippen LogP contribution in [0.3, 0.4) is 0 Å². The second kappa shape index (κ2) is 13.0. The lowest BCUT2D eigenvalue weighted by atomic mass is 9.92. The lowest BCUT2D eigenvalue weighted by molar-refractivity contribution is -0.384. The van der Waals surface area contributed by atoms with Gasteiger partial charge >= 0.3 is 6.03 Å². The molecular formula is C31H39N3O6SSi. The Hall–Kier alpha value is -3.80. The zero-order valence-electron chi connectivity index (χ0n) is 24.8. The van der Waals surface area contributed by atoms with Gasteiger partial charge < -0.3 is 9.74 Å². The largest absolute Gasteiger partial charge is 0.402 e. The lowest BCUT2D eigenvalue weighted by Gasteiger charge is -2.48. The van der Waals surface area contributed by atoms with Crippen LogP contribution in [0.4, 0.5) is 10.5 Å². The molecule has 42 heavy (non-hydrogen) atoms. The molecular weight excluding hydrogens is 571 g/mol. The highest BCUT2D eigenvalue weighted by atomic mass is 32.2. The van der Waals surface area contributed by atoms with E-state index in [2.05, 4.69) is 50.4 Å². The molecule has 0 spiro atoms. The number of nitro groups is 1. The van der Waals surface area contributed by atoms with Crippen LogP contribution in [-0.2, 0) is 14.4 Å². The summed E-state index contributed by atoms with van der Waals surface area (Å²) in [6.07, 6.45) is 3.56. The molecule has 0 saturated carbocycles. The first-order valence-electron chi connectivity index (χ1n) is 13.7. The van der Waals surface area contributed by atoms with Crippen LogP contribution in [-0.4, -0.2) is 39.3 Å². The number of sulfonamides is 1. The van der Waals surface area contributed by atoms with Crippen LogP contribution >= 0.6 is 0 Å². The highest BCUT2D eigenvalue weighted by molar-refractivity contribution is 7.90. The van der Waals surface area contributed by atoms with Crippen LogP contribution in [0.15, 0.2) is 102 Å². The smallest absolute Gasteiger partial charge is 0.329 e. The summed E-state index contributed by atoms with van der Waals surface area (Å²) in [5, 5.41) is 15.6. The van der Waals surface area contributed by atoms with Crippen molar-refractivity contribution in [2.75, 3.05) is 0 Å². The number of carbonyl (C=O) groups excluding carboxylic acids is 1. The van der Waals surface area contributed by atoms with Crippen molar-refractivity contribution in [3.8, 4) is 0 Å². The van der Waals surface area contributed by atoms with E-state index in [4.69, 9.17) is 4.43 Å². The molecule has 11 heteroatoms. The number of allylic oxidation sites excluding steroid dienone is 1. The third kappa shape index (κ3) is 6.97. The van der Waals surface area contributed by atoms with E-state index in [-0.39, 0.29) is 15.6 Å². The molecule has 0 unspecified atom stereocenters. The van der Waals surface area contributed by atoms with E-state index in [1.54, 1.807) is 19.1 Å². The van der Waals surface area contributed by atoms with Gasteiger partial charge in [-0.3, -0.25) is 10.1 Å². The Morgan fingerprint density at radius 2 is 1.45 bits per heavy atom. The van der Waals surface area contributed by atoms with E-state index >= 15 is 0 Å². The summed E-state index contributed by atoms with van der Waals surface area (Å²) in [6.45, 7) is 12.1. The van der Waals surface area contributed by atoms with Crippen LogP contribution in [0.2, 0.25) is 5.04 Å². The van der Waals surface area contributed by atoms with Gasteiger partial charge in [-0.25, -0.2) is 17.9 Å². The second-order valence-corrected chi connectivity index (χ2v) is 17.2. The summed E-state index contributed by atoms with van der Waals surface area (Å²) >= 11 is 0. The van der Waals surface area contributed by atoms with Crippen molar-refractivity contribution in [1.29, 1.82) is 0 Å². The van der Waals surface area contributed by atoms with Gasteiger partial charge in [0.1, 0.15) is 0 Å². The van der Waals surface area contributed by atoms with Crippen molar-refractivity contribution < 1.29 is 22.6 Å². The molecule has 0 radical (unpaired) electrons. The Kier molecular flexibility index (Phi) is 10.1. The van der Waals surface area contributed by atoms with E-state index in [1.807, 2.05) is 55.0 Å². The van der Waals surface area contributed by atoms with E-state index in [9.17, 15) is 23.3 Å². The predicted octanol–water partition coefficient (Wildman–Crippen LogP) is 5.27. The van der Waals surface area contributed by atoms with Crippen LogP contribution in [0, 0.1) is 10.1 Å². The number of benzene rings is 3. The van der Waals surface area contributed by atoms with Crippen LogP contribution in [0.25, 0.3) is 0 Å². The van der Waals surface area contributed by atoms with Crippen LogP contribution in [0.5, 0.6) is 0 Å². The van der Waals surface area contributed by atoms with Crippen LogP contribution in [0.1, 0.15) is 48.0 Å². The van der Waals surface area contributed by atoms with Gasteiger partial charge in [0.05, 0.1) is 21.5 Å². The number of nitrogens with zero attached hydrogens (tertiary/aromatic N) is 1. The molecule has 3 aromatic carbocycles. The maximum Gasteiger partial charge on any atom is 0.329 e. The fraction of sp³-hybridized carbons (Fsp3) is 0.323. The molecule has 0 aliphatic carbocycles. The highest BCUT2D eigenvalue weighted by Gasteiger charge is 2.53. The van der Waals surface area contributed by atoms with Crippen molar-refractivity contribution in [2.24, 2.45) is 0 Å². The van der Waals surface area contributed by atoms with Gasteiger partial charge in [-0.05, 0) is 47.8 Å². The van der Waals surface area contributed by atoms with Crippen molar-refractivity contribution in [1.82, 2.24) is 10.0 Å². The summed E-state index contributed by atoms with van der Waals surface area (Å²) in [5.41, 5.74) is -1.36. The minimum Gasteiger partial charge on any atom is -0.402 e. The third-order valence-corrected chi connectivity index (χ3v) is 13.6. The zero-order valence-corrected chi connectivity index (χ0v) is 26.6. The highest BCUT2D eigenvalue weighted by Crippen LogP contribution is 2.39. The Bertz CT molecular complexity index is 1470. The fourth-order valence-corrected chi connectivity index (χ4v) is 11.1. The Morgan fingerprint density at radius 1 is 0.952 bits per heavy atom. The monoisotopic (exact) mass is 609 g/mol. The van der Waals surface area contributed by atoms with E-state index in [0.717, 1.165) is 34.6 Å². The molecule has 0 saturated heterocycles. The number of carbonyl (C=O) groups is 1. The average Bonchev–Trinajstić information content (AvgIpc) is 2.93. The number of non-ortho nitro benzene ring substituents is 1. The Balaban J connectivity index is 2.02. The topological polar surface area (TPSA) is 128 Å². The molecule has 0 fully saturated rings. The standard InChI is InChI=1S/C31H39N3O6SSi/c1-7-23-31(6,32-29(35)33-41(38,39)25-21-19-24(20-22-25)34(36)37)28(8-2)40-42(30(3,4)5,26-15-11-9-12-16-26)27-17-13-10-14-18-27/h7,9-23,28H,8H2,1-6H3,(H2,32,33,35)/b23-7+/t28-,31+/m1/s1. The van der Waals surface area contributed by atoms with Gasteiger partial charge in [0, 0.05) is 12.1 Å². The number of rotatable bonds is 11. The maximum atomic E-state index is 13.2. The van der Waals surface area contributed by atoms with Crippen molar-refractivity contribution in [3.63, 3.8) is 0 Å². The molecule has 3 rings (SSSR count). The number of urea groups is 1. The van der Waals surface area contributed by atoms with Crippen LogP contribution < -0.4 is 20.4 Å². The van der Waals surface area contributed by atoms with Crippen molar-refractivity contribution in [3.05, 3.63) is 107 Å². The van der Waals surface area contributed by atoms with Gasteiger partial charge in [-0.1, -0.05) is 101 Å². The first kappa shape index (κ1) is 32.7. The molecule has 0 aromatic heterocycles. The number of hydrogen-bond donors (Lipinski definition) is 2. The first-order chi connectivity index (χ1) is 19.7. The molecule has 0 aliphatic rings. The molecule has 0 aliphatic heterocycles. The summed E-state index contributed by atoms with van der Waals surface area (Å²) < 4.78 is 35.3. The molecule has 9 nitrogen and oxygen atoms in total. The Morgan fingerprint density at radius 3 is 1.86 bits per heavy atom.